The zero-order valence-electron chi connectivity index (χ0n) is 18.2. The number of nitrogens with two attached hydrogens (primary N) is 1. The lowest BCUT2D eigenvalue weighted by Crippen LogP contribution is -2.84. The lowest BCUT2D eigenvalue weighted by Gasteiger charge is -2.45. The molecular formula is C18H41N5O9+4. The van der Waals surface area contributed by atoms with Gasteiger partial charge < -0.3 is 73.1 Å². The smallest absolute Gasteiger partial charge is 0.211 e. The summed E-state index contributed by atoms with van der Waals surface area (Å²) in [6.07, 6.45) is -8.87. The van der Waals surface area contributed by atoms with Crippen LogP contribution in [0, 0.1) is 0 Å². The van der Waals surface area contributed by atoms with Crippen molar-refractivity contribution in [3.63, 3.8) is 0 Å². The van der Waals surface area contributed by atoms with E-state index in [1.807, 2.05) is 0 Å². The molecule has 2 saturated heterocycles. The normalized spacial score (nSPS) is 52.7. The van der Waals surface area contributed by atoms with E-state index in [-0.39, 0.29) is 18.6 Å². The molecular weight excluding hydrogens is 430 g/mol. The molecule has 6 unspecified atom stereocenters. The minimum Gasteiger partial charge on any atom is -0.394 e. The molecule has 188 valence electrons. The first-order valence-corrected chi connectivity index (χ1v) is 11.1. The van der Waals surface area contributed by atoms with E-state index in [0.29, 0.717) is 12.8 Å². The molecule has 0 aromatic heterocycles. The third kappa shape index (κ3) is 5.24. The first kappa shape index (κ1) is 26.1. The lowest BCUT2D eigenvalue weighted by molar-refractivity contribution is -0.532. The van der Waals surface area contributed by atoms with Gasteiger partial charge in [0.1, 0.15) is 54.7 Å². The molecule has 0 aromatic carbocycles. The molecule has 2 heterocycles. The fourth-order valence-electron chi connectivity index (χ4n) is 4.67. The van der Waals surface area contributed by atoms with Gasteiger partial charge in [0.15, 0.2) is 12.4 Å². The second kappa shape index (κ2) is 10.8. The molecule has 3 fully saturated rings. The number of ether oxygens (including phenoxy) is 4. The maximum Gasteiger partial charge on any atom is 0.211 e. The van der Waals surface area contributed by atoms with Crippen LogP contribution in [0.3, 0.4) is 0 Å². The molecule has 1 saturated carbocycles. The predicted octanol–water partition coefficient (Wildman–Crippen LogP) is -9.16. The molecule has 0 amide bonds. The summed E-state index contributed by atoms with van der Waals surface area (Å²) in [4.78, 5) is 0. The van der Waals surface area contributed by atoms with Gasteiger partial charge in [-0.2, -0.15) is 0 Å². The SMILES string of the molecule is NCC1O[C@H](OC2C(O)[C@@H](O[C@H]3OC(CO)[C@@H](O)[C@H]([NH3+])C3O)[C@H]([NH3+])C[C@@H]2[NH3+])C([NH3+])C[C@@H]1O. The maximum absolute atomic E-state index is 11.1. The molecule has 19 N–H and O–H groups in total. The summed E-state index contributed by atoms with van der Waals surface area (Å²) in [6, 6.07) is -1.97. The fourth-order valence-corrected chi connectivity index (χ4v) is 4.67. The summed E-state index contributed by atoms with van der Waals surface area (Å²) in [6.45, 7) is -0.367. The number of hydrogen-bond donors (Lipinski definition) is 10. The Kier molecular flexibility index (Phi) is 8.79. The fraction of sp³-hybridized carbons (Fsp3) is 1.00. The van der Waals surface area contributed by atoms with E-state index in [9.17, 15) is 25.5 Å². The Morgan fingerprint density at radius 1 is 0.750 bits per heavy atom. The Morgan fingerprint density at radius 2 is 1.31 bits per heavy atom. The van der Waals surface area contributed by atoms with Crippen molar-refractivity contribution in [2.75, 3.05) is 13.2 Å². The molecule has 0 spiro atoms. The van der Waals surface area contributed by atoms with Crippen molar-refractivity contribution in [1.82, 2.24) is 0 Å². The van der Waals surface area contributed by atoms with E-state index in [2.05, 4.69) is 22.9 Å². The maximum atomic E-state index is 11.1. The molecule has 14 heteroatoms. The summed E-state index contributed by atoms with van der Waals surface area (Å²) < 4.78 is 23.2. The van der Waals surface area contributed by atoms with Crippen LogP contribution in [0.15, 0.2) is 0 Å². The van der Waals surface area contributed by atoms with Gasteiger partial charge in [-0.3, -0.25) is 0 Å². The van der Waals surface area contributed by atoms with Crippen molar-refractivity contribution in [1.29, 1.82) is 0 Å². The molecule has 1 aliphatic carbocycles. The average Bonchev–Trinajstić information content (AvgIpc) is 2.75. The number of hydrogen-bond acceptors (Lipinski definition) is 10. The van der Waals surface area contributed by atoms with Gasteiger partial charge in [0.05, 0.1) is 25.2 Å². The quantitative estimate of drug-likeness (QED) is 0.174. The van der Waals surface area contributed by atoms with Gasteiger partial charge in [-0.1, -0.05) is 0 Å². The van der Waals surface area contributed by atoms with Crippen LogP contribution in [0.5, 0.6) is 0 Å². The molecule has 14 atom stereocenters. The zero-order valence-corrected chi connectivity index (χ0v) is 18.2. The van der Waals surface area contributed by atoms with Crippen molar-refractivity contribution in [2.45, 2.75) is 98.4 Å². The molecule has 2 aliphatic heterocycles. The monoisotopic (exact) mass is 471 g/mol. The molecule has 14 nitrogen and oxygen atoms in total. The van der Waals surface area contributed by atoms with Crippen molar-refractivity contribution < 1.29 is 67.4 Å². The number of aliphatic hydroxyl groups is 5. The lowest BCUT2D eigenvalue weighted by atomic mass is 9.84. The highest BCUT2D eigenvalue weighted by Gasteiger charge is 2.53. The van der Waals surface area contributed by atoms with Crippen LogP contribution in [0.2, 0.25) is 0 Å². The summed E-state index contributed by atoms with van der Waals surface area (Å²) in [7, 11) is 0. The van der Waals surface area contributed by atoms with Gasteiger partial charge in [0.25, 0.3) is 0 Å². The molecule has 0 radical (unpaired) electrons. The van der Waals surface area contributed by atoms with E-state index in [1.165, 1.54) is 0 Å². The number of rotatable bonds is 6. The Morgan fingerprint density at radius 3 is 1.88 bits per heavy atom. The van der Waals surface area contributed by atoms with Gasteiger partial charge >= 0.3 is 0 Å². The Balaban J connectivity index is 1.70. The van der Waals surface area contributed by atoms with Gasteiger partial charge in [-0.05, 0) is 0 Å². The summed E-state index contributed by atoms with van der Waals surface area (Å²) in [5, 5.41) is 51.1. The van der Waals surface area contributed by atoms with E-state index >= 15 is 0 Å². The van der Waals surface area contributed by atoms with E-state index in [1.54, 1.807) is 0 Å². The van der Waals surface area contributed by atoms with Gasteiger partial charge in [0.2, 0.25) is 6.29 Å². The highest BCUT2D eigenvalue weighted by Crippen LogP contribution is 2.29. The molecule has 0 bridgehead atoms. The standard InChI is InChI=1S/C18H37N5O9/c19-3-9-8(25)2-7(22)17(29-9)31-15-5(20)1-6(21)16(14(15)28)32-18-13(27)11(23)12(26)10(4-24)30-18/h5-18,24-28H,1-4,19-23H2/p+4/t5-,6+,7?,8-,9?,10?,11-,12+,13?,14?,15?,16-,17+,18+/m0/s1. The Hall–Kier alpha value is -0.560. The van der Waals surface area contributed by atoms with Gasteiger partial charge in [-0.15, -0.1) is 0 Å². The Bertz CT molecular complexity index is 607. The summed E-state index contributed by atoms with van der Waals surface area (Å²) in [5.74, 6) is 0. The van der Waals surface area contributed by atoms with Crippen LogP contribution in [0.4, 0.5) is 0 Å². The molecule has 3 rings (SSSR count). The van der Waals surface area contributed by atoms with E-state index in [0.717, 1.165) is 0 Å². The minimum absolute atomic E-state index is 0.114. The van der Waals surface area contributed by atoms with E-state index in [4.69, 9.17) is 24.7 Å². The largest absolute Gasteiger partial charge is 0.394 e. The number of aliphatic hydroxyl groups excluding tert-OH is 5. The molecule has 3 aliphatic rings. The van der Waals surface area contributed by atoms with E-state index < -0.39 is 80.1 Å². The first-order valence-electron chi connectivity index (χ1n) is 11.1. The van der Waals surface area contributed by atoms with Crippen LogP contribution in [-0.4, -0.2) is 124 Å². The van der Waals surface area contributed by atoms with Crippen LogP contribution in [0.1, 0.15) is 12.8 Å². The van der Waals surface area contributed by atoms with Crippen LogP contribution < -0.4 is 28.7 Å². The van der Waals surface area contributed by atoms with Gasteiger partial charge in [-0.25, -0.2) is 0 Å². The second-order valence-electron chi connectivity index (χ2n) is 9.16. The van der Waals surface area contributed by atoms with Crippen molar-refractivity contribution in [2.24, 2.45) is 5.73 Å². The highest BCUT2D eigenvalue weighted by molar-refractivity contribution is 4.96. The molecule has 0 aromatic rings. The first-order chi connectivity index (χ1) is 15.1. The van der Waals surface area contributed by atoms with Crippen molar-refractivity contribution >= 4 is 0 Å². The van der Waals surface area contributed by atoms with Gasteiger partial charge in [0, 0.05) is 13.0 Å². The van der Waals surface area contributed by atoms with Crippen LogP contribution in [0.25, 0.3) is 0 Å². The van der Waals surface area contributed by atoms with Crippen LogP contribution >= 0.6 is 0 Å². The van der Waals surface area contributed by atoms with Crippen LogP contribution in [-0.2, 0) is 18.9 Å². The third-order valence-electron chi connectivity index (χ3n) is 6.72. The minimum atomic E-state index is -1.28. The summed E-state index contributed by atoms with van der Waals surface area (Å²) in [5.41, 5.74) is 21.5. The average molecular weight is 472 g/mol. The second-order valence-corrected chi connectivity index (χ2v) is 9.16. The topological polar surface area (TPSA) is 275 Å². The Labute approximate surface area is 185 Å². The van der Waals surface area contributed by atoms with Crippen molar-refractivity contribution in [3.8, 4) is 0 Å². The van der Waals surface area contributed by atoms with Crippen molar-refractivity contribution in [3.05, 3.63) is 0 Å². The molecule has 32 heavy (non-hydrogen) atoms. The number of quaternary nitrogens is 4. The third-order valence-corrected chi connectivity index (χ3v) is 6.72. The predicted molar refractivity (Wildman–Crippen MR) is 103 cm³/mol. The zero-order chi connectivity index (χ0) is 23.7. The summed E-state index contributed by atoms with van der Waals surface area (Å²) >= 11 is 0. The highest BCUT2D eigenvalue weighted by atomic mass is 16.7.